The van der Waals surface area contributed by atoms with Crippen LogP contribution < -0.4 is 5.73 Å². The van der Waals surface area contributed by atoms with Gasteiger partial charge in [0.05, 0.1) is 6.61 Å². The summed E-state index contributed by atoms with van der Waals surface area (Å²) in [6, 6.07) is 0.629. The van der Waals surface area contributed by atoms with E-state index < -0.39 is 0 Å². The molecule has 0 amide bonds. The van der Waals surface area contributed by atoms with Crippen LogP contribution in [0.3, 0.4) is 0 Å². The molecule has 1 aliphatic rings. The van der Waals surface area contributed by atoms with Crippen molar-refractivity contribution in [1.29, 1.82) is 0 Å². The van der Waals surface area contributed by atoms with E-state index in [0.717, 1.165) is 25.6 Å². The smallest absolute Gasteiger partial charge is 0.140 e. The first-order chi connectivity index (χ1) is 9.21. The quantitative estimate of drug-likeness (QED) is 0.307. The monoisotopic (exact) mass is 271 g/mol. The molecule has 0 aromatic rings. The third kappa shape index (κ3) is 5.78. The fraction of sp³-hybridized carbons (Fsp3) is 0.929. The van der Waals surface area contributed by atoms with Crippen LogP contribution in [0.25, 0.3) is 0 Å². The SMILES string of the molecule is CCC1CCC(N(CCOC)CCC(N)=NO)CC1. The largest absolute Gasteiger partial charge is 0.409 e. The molecule has 0 bridgehead atoms. The summed E-state index contributed by atoms with van der Waals surface area (Å²) < 4.78 is 5.19. The second kappa shape index (κ2) is 9.15. The molecule has 0 radical (unpaired) electrons. The first-order valence-electron chi connectivity index (χ1n) is 7.40. The fourth-order valence-electron chi connectivity index (χ4n) is 2.91. The van der Waals surface area contributed by atoms with Crippen LogP contribution in [0.15, 0.2) is 5.16 Å². The van der Waals surface area contributed by atoms with Crippen molar-refractivity contribution in [3.8, 4) is 0 Å². The highest BCUT2D eigenvalue weighted by Gasteiger charge is 2.24. The third-order valence-electron chi connectivity index (χ3n) is 4.28. The minimum Gasteiger partial charge on any atom is -0.409 e. The first-order valence-corrected chi connectivity index (χ1v) is 7.40. The maximum Gasteiger partial charge on any atom is 0.140 e. The van der Waals surface area contributed by atoms with E-state index in [1.54, 1.807) is 7.11 Å². The second-order valence-corrected chi connectivity index (χ2v) is 5.45. The van der Waals surface area contributed by atoms with Crippen molar-refractivity contribution in [2.24, 2.45) is 16.8 Å². The van der Waals surface area contributed by atoms with Crippen molar-refractivity contribution in [2.45, 2.75) is 51.5 Å². The van der Waals surface area contributed by atoms with E-state index in [2.05, 4.69) is 17.0 Å². The number of nitrogens with zero attached hydrogens (tertiary/aromatic N) is 2. The Bertz CT molecular complexity index is 263. The predicted molar refractivity (Wildman–Crippen MR) is 77.5 cm³/mol. The number of rotatable bonds is 8. The van der Waals surface area contributed by atoms with Gasteiger partial charge in [0.25, 0.3) is 0 Å². The van der Waals surface area contributed by atoms with Gasteiger partial charge in [-0.25, -0.2) is 0 Å². The van der Waals surface area contributed by atoms with Gasteiger partial charge in [-0.3, -0.25) is 4.90 Å². The topological polar surface area (TPSA) is 71.1 Å². The molecule has 0 saturated heterocycles. The molecule has 0 aromatic carbocycles. The van der Waals surface area contributed by atoms with Gasteiger partial charge in [0.15, 0.2) is 0 Å². The van der Waals surface area contributed by atoms with Gasteiger partial charge in [-0.15, -0.1) is 0 Å². The predicted octanol–water partition coefficient (Wildman–Crippen LogP) is 2.04. The molecule has 5 heteroatoms. The van der Waals surface area contributed by atoms with E-state index in [4.69, 9.17) is 15.7 Å². The molecule has 1 aliphatic carbocycles. The minimum atomic E-state index is 0.310. The molecule has 112 valence electrons. The van der Waals surface area contributed by atoms with Crippen molar-refractivity contribution >= 4 is 5.84 Å². The Hall–Kier alpha value is -0.810. The summed E-state index contributed by atoms with van der Waals surface area (Å²) in [5, 5.41) is 11.7. The van der Waals surface area contributed by atoms with Crippen molar-refractivity contribution in [2.75, 3.05) is 26.8 Å². The lowest BCUT2D eigenvalue weighted by Crippen LogP contribution is -2.41. The summed E-state index contributed by atoms with van der Waals surface area (Å²) >= 11 is 0. The van der Waals surface area contributed by atoms with Crippen LogP contribution in [-0.4, -0.2) is 48.8 Å². The molecule has 1 rings (SSSR count). The van der Waals surface area contributed by atoms with Crippen LogP contribution >= 0.6 is 0 Å². The lowest BCUT2D eigenvalue weighted by molar-refractivity contribution is 0.0943. The third-order valence-corrected chi connectivity index (χ3v) is 4.28. The lowest BCUT2D eigenvalue weighted by atomic mass is 9.84. The van der Waals surface area contributed by atoms with Crippen LogP contribution in [0, 0.1) is 5.92 Å². The molecular formula is C14H29N3O2. The van der Waals surface area contributed by atoms with Gasteiger partial charge < -0.3 is 15.7 Å². The molecule has 0 aromatic heterocycles. The van der Waals surface area contributed by atoms with Crippen molar-refractivity contribution in [3.63, 3.8) is 0 Å². The number of oxime groups is 1. The molecule has 1 fully saturated rings. The molecule has 0 spiro atoms. The molecule has 1 saturated carbocycles. The Morgan fingerprint density at radius 1 is 1.32 bits per heavy atom. The van der Waals surface area contributed by atoms with Crippen LogP contribution in [0.2, 0.25) is 0 Å². The van der Waals surface area contributed by atoms with E-state index in [0.29, 0.717) is 18.3 Å². The lowest BCUT2D eigenvalue weighted by Gasteiger charge is -2.36. The molecule has 0 unspecified atom stereocenters. The van der Waals surface area contributed by atoms with Gasteiger partial charge in [0.1, 0.15) is 5.84 Å². The van der Waals surface area contributed by atoms with Crippen molar-refractivity contribution in [3.05, 3.63) is 0 Å². The molecule has 0 aliphatic heterocycles. The summed E-state index contributed by atoms with van der Waals surface area (Å²) in [5.74, 6) is 1.22. The Morgan fingerprint density at radius 2 is 2.00 bits per heavy atom. The van der Waals surface area contributed by atoms with Crippen LogP contribution in [0.1, 0.15) is 45.4 Å². The number of hydrogen-bond acceptors (Lipinski definition) is 4. The van der Waals surface area contributed by atoms with Crippen LogP contribution in [0.4, 0.5) is 0 Å². The maximum absolute atomic E-state index is 8.62. The zero-order valence-electron chi connectivity index (χ0n) is 12.3. The van der Waals surface area contributed by atoms with E-state index in [9.17, 15) is 0 Å². The van der Waals surface area contributed by atoms with E-state index in [1.165, 1.54) is 32.1 Å². The van der Waals surface area contributed by atoms with Crippen molar-refractivity contribution < 1.29 is 9.94 Å². The summed E-state index contributed by atoms with van der Waals surface area (Å²) in [5.41, 5.74) is 5.57. The molecule has 5 nitrogen and oxygen atoms in total. The highest BCUT2D eigenvalue weighted by Crippen LogP contribution is 2.29. The fourth-order valence-corrected chi connectivity index (χ4v) is 2.91. The standard InChI is InChI=1S/C14H29N3O2/c1-3-12-4-6-13(7-5-12)17(10-11-19-2)9-8-14(15)16-18/h12-13,18H,3-11H2,1-2H3,(H2,15,16). The van der Waals surface area contributed by atoms with E-state index >= 15 is 0 Å². The molecule has 19 heavy (non-hydrogen) atoms. The van der Waals surface area contributed by atoms with E-state index in [-0.39, 0.29) is 0 Å². The summed E-state index contributed by atoms with van der Waals surface area (Å²) in [6.45, 7) is 4.80. The second-order valence-electron chi connectivity index (χ2n) is 5.45. The summed E-state index contributed by atoms with van der Waals surface area (Å²) in [7, 11) is 1.73. The van der Waals surface area contributed by atoms with Crippen LogP contribution in [0.5, 0.6) is 0 Å². The summed E-state index contributed by atoms with van der Waals surface area (Å²) in [4.78, 5) is 2.44. The highest BCUT2D eigenvalue weighted by molar-refractivity contribution is 5.79. The Balaban J connectivity index is 2.44. The number of nitrogens with two attached hydrogens (primary N) is 1. The summed E-state index contributed by atoms with van der Waals surface area (Å²) in [6.07, 6.45) is 7.10. The van der Waals surface area contributed by atoms with Gasteiger partial charge in [0, 0.05) is 32.7 Å². The zero-order valence-corrected chi connectivity index (χ0v) is 12.3. The van der Waals surface area contributed by atoms with Crippen LogP contribution in [-0.2, 0) is 4.74 Å². The Morgan fingerprint density at radius 3 is 2.53 bits per heavy atom. The normalized spacial score (nSPS) is 24.9. The Kier molecular flexibility index (Phi) is 7.82. The van der Waals surface area contributed by atoms with Gasteiger partial charge >= 0.3 is 0 Å². The zero-order chi connectivity index (χ0) is 14.1. The van der Waals surface area contributed by atoms with Gasteiger partial charge in [-0.2, -0.15) is 0 Å². The minimum absolute atomic E-state index is 0.310. The molecule has 3 N–H and O–H groups in total. The van der Waals surface area contributed by atoms with Crippen molar-refractivity contribution in [1.82, 2.24) is 4.90 Å². The number of ether oxygens (including phenoxy) is 1. The van der Waals surface area contributed by atoms with E-state index in [1.807, 2.05) is 0 Å². The highest BCUT2D eigenvalue weighted by atomic mass is 16.5. The maximum atomic E-state index is 8.62. The first kappa shape index (κ1) is 16.2. The molecule has 0 heterocycles. The number of methoxy groups -OCH3 is 1. The average molecular weight is 271 g/mol. The van der Waals surface area contributed by atoms with Gasteiger partial charge in [-0.1, -0.05) is 18.5 Å². The molecule has 0 atom stereocenters. The van der Waals surface area contributed by atoms with Gasteiger partial charge in [-0.05, 0) is 31.6 Å². The Labute approximate surface area is 116 Å². The average Bonchev–Trinajstić information content (AvgIpc) is 2.47. The number of hydrogen-bond donors (Lipinski definition) is 2. The number of amidine groups is 1. The molecular weight excluding hydrogens is 242 g/mol. The van der Waals surface area contributed by atoms with Gasteiger partial charge in [0.2, 0.25) is 0 Å².